The van der Waals surface area contributed by atoms with Gasteiger partial charge in [0, 0.05) is 17.1 Å². The van der Waals surface area contributed by atoms with Gasteiger partial charge in [0.2, 0.25) is 0 Å². The number of rotatable bonds is 6. The monoisotopic (exact) mass is 301 g/mol. The highest BCUT2D eigenvalue weighted by atomic mass is 79.9. The van der Waals surface area contributed by atoms with Crippen LogP contribution in [-0.4, -0.2) is 25.9 Å². The van der Waals surface area contributed by atoms with Crippen LogP contribution < -0.4 is 10.5 Å². The molecule has 1 aromatic rings. The summed E-state index contributed by atoms with van der Waals surface area (Å²) in [6.07, 6.45) is 0.817. The van der Waals surface area contributed by atoms with Gasteiger partial charge in [-0.15, -0.1) is 0 Å². The van der Waals surface area contributed by atoms with Gasteiger partial charge in [-0.1, -0.05) is 15.9 Å². The van der Waals surface area contributed by atoms with E-state index in [9.17, 15) is 0 Å². The lowest BCUT2D eigenvalue weighted by Gasteiger charge is -2.20. The third-order valence-electron chi connectivity index (χ3n) is 2.74. The molecule has 0 radical (unpaired) electrons. The Kier molecular flexibility index (Phi) is 5.95. The number of halogens is 1. The van der Waals surface area contributed by atoms with Crippen molar-refractivity contribution >= 4 is 15.9 Å². The predicted molar refractivity (Wildman–Crippen MR) is 73.5 cm³/mol. The molecule has 0 aromatic heterocycles. The van der Waals surface area contributed by atoms with E-state index in [1.54, 1.807) is 7.11 Å². The minimum Gasteiger partial charge on any atom is -0.497 e. The summed E-state index contributed by atoms with van der Waals surface area (Å²) in [5, 5.41) is 0. The third-order valence-corrected chi connectivity index (χ3v) is 3.51. The second kappa shape index (κ2) is 6.99. The van der Waals surface area contributed by atoms with E-state index in [2.05, 4.69) is 15.9 Å². The Morgan fingerprint density at radius 3 is 2.71 bits per heavy atom. The third kappa shape index (κ3) is 4.30. The van der Waals surface area contributed by atoms with Crippen LogP contribution in [0.25, 0.3) is 0 Å². The molecule has 2 N–H and O–H groups in total. The molecule has 96 valence electrons. The number of nitrogens with two attached hydrogens (primary N) is 1. The Labute approximate surface area is 111 Å². The molecule has 0 aliphatic carbocycles. The summed E-state index contributed by atoms with van der Waals surface area (Å²) in [6, 6.07) is 5.89. The van der Waals surface area contributed by atoms with E-state index in [-0.39, 0.29) is 12.1 Å². The molecule has 3 nitrogen and oxygen atoms in total. The van der Waals surface area contributed by atoms with Gasteiger partial charge in [-0.3, -0.25) is 0 Å². The second-order valence-electron chi connectivity index (χ2n) is 3.99. The van der Waals surface area contributed by atoms with Crippen molar-refractivity contribution in [1.82, 2.24) is 0 Å². The molecule has 4 heteroatoms. The molecule has 17 heavy (non-hydrogen) atoms. The van der Waals surface area contributed by atoms with Crippen molar-refractivity contribution in [2.75, 3.05) is 13.7 Å². The first-order chi connectivity index (χ1) is 8.08. The summed E-state index contributed by atoms with van der Waals surface area (Å²) in [5.74, 6) is 0.847. The molecule has 0 amide bonds. The van der Waals surface area contributed by atoms with Gasteiger partial charge in [0.25, 0.3) is 0 Å². The summed E-state index contributed by atoms with van der Waals surface area (Å²) in [5.41, 5.74) is 7.25. The zero-order valence-electron chi connectivity index (χ0n) is 10.6. The van der Waals surface area contributed by atoms with Crippen LogP contribution in [0.2, 0.25) is 0 Å². The quantitative estimate of drug-likeness (QED) is 0.879. The van der Waals surface area contributed by atoms with E-state index in [1.165, 1.54) is 0 Å². The first-order valence-corrected chi connectivity index (χ1v) is 6.57. The Morgan fingerprint density at radius 2 is 2.12 bits per heavy atom. The molecular weight excluding hydrogens is 282 g/mol. The Hall–Kier alpha value is -0.580. The number of methoxy groups -OCH3 is 1. The van der Waals surface area contributed by atoms with Gasteiger partial charge in [-0.25, -0.2) is 0 Å². The summed E-state index contributed by atoms with van der Waals surface area (Å²) >= 11 is 3.52. The van der Waals surface area contributed by atoms with E-state index < -0.39 is 0 Å². The maximum atomic E-state index is 6.11. The van der Waals surface area contributed by atoms with Crippen molar-refractivity contribution in [3.8, 4) is 5.75 Å². The fourth-order valence-corrected chi connectivity index (χ4v) is 2.05. The lowest BCUT2D eigenvalue weighted by molar-refractivity contribution is 0.0576. The molecule has 0 fully saturated rings. The second-order valence-corrected chi connectivity index (χ2v) is 4.84. The van der Waals surface area contributed by atoms with Gasteiger partial charge in [0.15, 0.2) is 0 Å². The van der Waals surface area contributed by atoms with Crippen molar-refractivity contribution in [2.45, 2.75) is 32.4 Å². The Bertz CT molecular complexity index is 357. The molecule has 2 atom stereocenters. The largest absolute Gasteiger partial charge is 0.497 e. The van der Waals surface area contributed by atoms with Crippen molar-refractivity contribution < 1.29 is 9.47 Å². The fraction of sp³-hybridized carbons (Fsp3) is 0.538. The highest BCUT2D eigenvalue weighted by Gasteiger charge is 2.15. The average Bonchev–Trinajstić information content (AvgIpc) is 2.32. The van der Waals surface area contributed by atoms with Crippen LogP contribution in [0.5, 0.6) is 5.75 Å². The molecule has 0 aliphatic heterocycles. The Morgan fingerprint density at radius 1 is 1.41 bits per heavy atom. The van der Waals surface area contributed by atoms with Crippen molar-refractivity contribution in [3.05, 3.63) is 28.2 Å². The molecule has 1 aromatic carbocycles. The van der Waals surface area contributed by atoms with Gasteiger partial charge >= 0.3 is 0 Å². The summed E-state index contributed by atoms with van der Waals surface area (Å²) < 4.78 is 11.8. The molecule has 0 heterocycles. The van der Waals surface area contributed by atoms with Gasteiger partial charge in [0.1, 0.15) is 5.75 Å². The van der Waals surface area contributed by atoms with E-state index >= 15 is 0 Å². The summed E-state index contributed by atoms with van der Waals surface area (Å²) in [6.45, 7) is 4.67. The fourth-order valence-electron chi connectivity index (χ4n) is 1.64. The van der Waals surface area contributed by atoms with Crippen LogP contribution in [-0.2, 0) is 11.2 Å². The highest BCUT2D eigenvalue weighted by molar-refractivity contribution is 9.10. The zero-order valence-corrected chi connectivity index (χ0v) is 12.2. The average molecular weight is 302 g/mol. The van der Waals surface area contributed by atoms with Gasteiger partial charge < -0.3 is 15.2 Å². The summed E-state index contributed by atoms with van der Waals surface area (Å²) in [7, 11) is 1.66. The molecule has 2 unspecified atom stereocenters. The van der Waals surface area contributed by atoms with Crippen LogP contribution in [0, 0.1) is 0 Å². The van der Waals surface area contributed by atoms with Crippen LogP contribution in [0.1, 0.15) is 19.4 Å². The molecule has 0 spiro atoms. The van der Waals surface area contributed by atoms with Gasteiger partial charge in [-0.2, -0.15) is 0 Å². The molecule has 1 rings (SSSR count). The first-order valence-electron chi connectivity index (χ1n) is 5.78. The van der Waals surface area contributed by atoms with Crippen LogP contribution in [0.15, 0.2) is 22.7 Å². The van der Waals surface area contributed by atoms with E-state index in [0.717, 1.165) is 22.2 Å². The smallest absolute Gasteiger partial charge is 0.119 e. The van der Waals surface area contributed by atoms with Gasteiger partial charge in [0.05, 0.1) is 13.2 Å². The number of hydrogen-bond acceptors (Lipinski definition) is 3. The summed E-state index contributed by atoms with van der Waals surface area (Å²) in [4.78, 5) is 0. The first kappa shape index (κ1) is 14.5. The van der Waals surface area contributed by atoms with Crippen molar-refractivity contribution in [1.29, 1.82) is 0 Å². The maximum Gasteiger partial charge on any atom is 0.119 e. The standard InChI is InChI=1S/C13H20BrNO2/c1-4-17-9(2)13(15)8-10-7-11(16-3)5-6-12(10)14/h5-7,9,13H,4,8,15H2,1-3H3. The maximum absolute atomic E-state index is 6.11. The minimum absolute atomic E-state index is 0.0154. The number of ether oxygens (including phenoxy) is 2. The molecule has 0 saturated carbocycles. The zero-order chi connectivity index (χ0) is 12.8. The van der Waals surface area contributed by atoms with Crippen LogP contribution in [0.3, 0.4) is 0 Å². The van der Waals surface area contributed by atoms with E-state index in [1.807, 2.05) is 32.0 Å². The van der Waals surface area contributed by atoms with E-state index in [0.29, 0.717) is 6.61 Å². The Balaban J connectivity index is 2.73. The predicted octanol–water partition coefficient (Wildman–Crippen LogP) is 2.75. The normalized spacial score (nSPS) is 14.4. The molecule has 0 bridgehead atoms. The van der Waals surface area contributed by atoms with E-state index in [4.69, 9.17) is 15.2 Å². The lowest BCUT2D eigenvalue weighted by atomic mass is 10.0. The molecular formula is C13H20BrNO2. The SMILES string of the molecule is CCOC(C)C(N)Cc1cc(OC)ccc1Br. The van der Waals surface area contributed by atoms with Gasteiger partial charge in [-0.05, 0) is 44.0 Å². The lowest BCUT2D eigenvalue weighted by Crippen LogP contribution is -2.36. The number of benzene rings is 1. The van der Waals surface area contributed by atoms with Crippen LogP contribution >= 0.6 is 15.9 Å². The number of hydrogen-bond donors (Lipinski definition) is 1. The minimum atomic E-state index is -0.0154. The highest BCUT2D eigenvalue weighted by Crippen LogP contribution is 2.24. The molecule has 0 aliphatic rings. The molecule has 0 saturated heterocycles. The van der Waals surface area contributed by atoms with Crippen molar-refractivity contribution in [3.63, 3.8) is 0 Å². The van der Waals surface area contributed by atoms with Crippen LogP contribution in [0.4, 0.5) is 0 Å². The van der Waals surface area contributed by atoms with Crippen molar-refractivity contribution in [2.24, 2.45) is 5.73 Å². The topological polar surface area (TPSA) is 44.5 Å².